The number of thiophene rings is 1. The van der Waals surface area contributed by atoms with Crippen molar-refractivity contribution in [2.24, 2.45) is 0 Å². The van der Waals surface area contributed by atoms with Crippen molar-refractivity contribution in [3.05, 3.63) is 22.4 Å². The second-order valence-electron chi connectivity index (χ2n) is 5.71. The minimum absolute atomic E-state index is 0.175. The molecule has 0 bridgehead atoms. The van der Waals surface area contributed by atoms with Crippen LogP contribution in [-0.2, 0) is 11.2 Å². The minimum Gasteiger partial charge on any atom is -0.355 e. The zero-order chi connectivity index (χ0) is 15.0. The molecule has 0 radical (unpaired) electrons. The summed E-state index contributed by atoms with van der Waals surface area (Å²) in [6.07, 6.45) is 2.57. The zero-order valence-corrected chi connectivity index (χ0v) is 14.0. The predicted molar refractivity (Wildman–Crippen MR) is 87.2 cm³/mol. The Kier molecular flexibility index (Phi) is 7.85. The molecule has 3 nitrogen and oxygen atoms in total. The highest BCUT2D eigenvalue weighted by atomic mass is 32.1. The molecule has 1 aromatic rings. The average molecular weight is 296 g/mol. The van der Waals surface area contributed by atoms with E-state index in [2.05, 4.69) is 55.4 Å². The van der Waals surface area contributed by atoms with Gasteiger partial charge in [0.05, 0.1) is 0 Å². The molecule has 114 valence electrons. The van der Waals surface area contributed by atoms with E-state index in [1.165, 1.54) is 4.88 Å². The van der Waals surface area contributed by atoms with Crippen LogP contribution in [0.4, 0.5) is 0 Å². The number of nitrogens with zero attached hydrogens (tertiary/aromatic N) is 1. The van der Waals surface area contributed by atoms with Gasteiger partial charge in [-0.25, -0.2) is 0 Å². The molecule has 1 heterocycles. The summed E-state index contributed by atoms with van der Waals surface area (Å²) in [6, 6.07) is 5.23. The third kappa shape index (κ3) is 6.53. The number of rotatable bonds is 9. The zero-order valence-electron chi connectivity index (χ0n) is 13.2. The van der Waals surface area contributed by atoms with Gasteiger partial charge in [0.1, 0.15) is 0 Å². The number of hydrogen-bond acceptors (Lipinski definition) is 3. The van der Waals surface area contributed by atoms with Crippen molar-refractivity contribution in [3.8, 4) is 0 Å². The Morgan fingerprint density at radius 2 is 2.00 bits per heavy atom. The molecule has 0 aromatic carbocycles. The number of nitrogens with one attached hydrogen (secondary N) is 1. The summed E-state index contributed by atoms with van der Waals surface area (Å²) in [5.41, 5.74) is 0. The van der Waals surface area contributed by atoms with Gasteiger partial charge < -0.3 is 5.32 Å². The Labute approximate surface area is 127 Å². The minimum atomic E-state index is 0.175. The Hall–Kier alpha value is -0.870. The summed E-state index contributed by atoms with van der Waals surface area (Å²) in [6.45, 7) is 10.5. The smallest absolute Gasteiger partial charge is 0.220 e. The fourth-order valence-electron chi connectivity index (χ4n) is 2.40. The maximum absolute atomic E-state index is 11.8. The van der Waals surface area contributed by atoms with Gasteiger partial charge >= 0.3 is 0 Å². The van der Waals surface area contributed by atoms with Crippen molar-refractivity contribution in [1.82, 2.24) is 10.2 Å². The van der Waals surface area contributed by atoms with Crippen LogP contribution in [0.5, 0.6) is 0 Å². The predicted octanol–water partition coefficient (Wildman–Crippen LogP) is 3.31. The maximum atomic E-state index is 11.8. The largest absolute Gasteiger partial charge is 0.355 e. The second-order valence-corrected chi connectivity index (χ2v) is 6.74. The van der Waals surface area contributed by atoms with Gasteiger partial charge in [-0.1, -0.05) is 6.07 Å². The van der Waals surface area contributed by atoms with E-state index in [-0.39, 0.29) is 5.91 Å². The van der Waals surface area contributed by atoms with E-state index in [0.717, 1.165) is 25.9 Å². The van der Waals surface area contributed by atoms with Gasteiger partial charge in [-0.05, 0) is 52.0 Å². The Balaban J connectivity index is 2.13. The van der Waals surface area contributed by atoms with E-state index in [4.69, 9.17) is 0 Å². The summed E-state index contributed by atoms with van der Waals surface area (Å²) in [5.74, 6) is 0.175. The lowest BCUT2D eigenvalue weighted by molar-refractivity contribution is -0.121. The summed E-state index contributed by atoms with van der Waals surface area (Å²) >= 11 is 1.76. The lowest BCUT2D eigenvalue weighted by Crippen LogP contribution is -2.42. The van der Waals surface area contributed by atoms with Gasteiger partial charge in [-0.3, -0.25) is 9.69 Å². The molecule has 1 N–H and O–H groups in total. The first kappa shape index (κ1) is 17.2. The molecule has 0 spiro atoms. The van der Waals surface area contributed by atoms with Gasteiger partial charge in [0.2, 0.25) is 5.91 Å². The lowest BCUT2D eigenvalue weighted by atomic mass is 10.2. The Bertz CT molecular complexity index is 366. The molecule has 0 atom stereocenters. The summed E-state index contributed by atoms with van der Waals surface area (Å²) in [7, 11) is 0. The van der Waals surface area contributed by atoms with E-state index in [1.54, 1.807) is 11.3 Å². The van der Waals surface area contributed by atoms with Crippen LogP contribution in [0.3, 0.4) is 0 Å². The first-order valence-electron chi connectivity index (χ1n) is 7.55. The van der Waals surface area contributed by atoms with Crippen LogP contribution in [0.2, 0.25) is 0 Å². The van der Waals surface area contributed by atoms with Gasteiger partial charge in [0.25, 0.3) is 0 Å². The molecule has 0 aliphatic rings. The molecule has 1 aromatic heterocycles. The first-order chi connectivity index (χ1) is 9.50. The normalized spacial score (nSPS) is 11.6. The number of hydrogen-bond donors (Lipinski definition) is 1. The van der Waals surface area contributed by atoms with Crippen LogP contribution >= 0.6 is 11.3 Å². The van der Waals surface area contributed by atoms with Crippen molar-refractivity contribution in [2.45, 2.75) is 59.0 Å². The maximum Gasteiger partial charge on any atom is 0.220 e. The van der Waals surface area contributed by atoms with Gasteiger partial charge in [-0.15, -0.1) is 11.3 Å². The molecule has 0 unspecified atom stereocenters. The first-order valence-corrected chi connectivity index (χ1v) is 8.43. The molecular formula is C16H28N2OS. The molecule has 0 aliphatic carbocycles. The molecule has 20 heavy (non-hydrogen) atoms. The topological polar surface area (TPSA) is 32.3 Å². The quantitative estimate of drug-likeness (QED) is 0.758. The molecule has 0 aliphatic heterocycles. The Morgan fingerprint density at radius 3 is 2.55 bits per heavy atom. The van der Waals surface area contributed by atoms with E-state index in [0.29, 0.717) is 18.5 Å². The number of carbonyl (C=O) groups is 1. The third-order valence-corrected chi connectivity index (χ3v) is 4.36. The Morgan fingerprint density at radius 1 is 1.30 bits per heavy atom. The van der Waals surface area contributed by atoms with Crippen LogP contribution in [-0.4, -0.2) is 36.0 Å². The fourth-order valence-corrected chi connectivity index (χ4v) is 3.15. The summed E-state index contributed by atoms with van der Waals surface area (Å²) in [4.78, 5) is 15.5. The highest BCUT2D eigenvalue weighted by Crippen LogP contribution is 2.11. The van der Waals surface area contributed by atoms with Gasteiger partial charge in [-0.2, -0.15) is 0 Å². The van der Waals surface area contributed by atoms with E-state index >= 15 is 0 Å². The van der Waals surface area contributed by atoms with Crippen LogP contribution in [0.1, 0.15) is 45.4 Å². The number of carbonyl (C=O) groups excluding carboxylic acids is 1. The SMILES string of the molecule is CC(C)N(CCNC(=O)CCCc1cccs1)C(C)C. The van der Waals surface area contributed by atoms with Crippen LogP contribution < -0.4 is 5.32 Å². The highest BCUT2D eigenvalue weighted by Gasteiger charge is 2.12. The van der Waals surface area contributed by atoms with E-state index in [9.17, 15) is 4.79 Å². The molecule has 0 saturated carbocycles. The second kappa shape index (κ2) is 9.14. The molecule has 0 saturated heterocycles. The molecule has 1 rings (SSSR count). The van der Waals surface area contributed by atoms with E-state index in [1.807, 2.05) is 0 Å². The van der Waals surface area contributed by atoms with Crippen molar-refractivity contribution >= 4 is 17.2 Å². The van der Waals surface area contributed by atoms with E-state index < -0.39 is 0 Å². The molecule has 0 fully saturated rings. The van der Waals surface area contributed by atoms with Crippen molar-refractivity contribution < 1.29 is 4.79 Å². The molecule has 4 heteroatoms. The van der Waals surface area contributed by atoms with Crippen molar-refractivity contribution in [3.63, 3.8) is 0 Å². The average Bonchev–Trinajstić information content (AvgIpc) is 2.86. The van der Waals surface area contributed by atoms with Crippen molar-refractivity contribution in [2.75, 3.05) is 13.1 Å². The molecular weight excluding hydrogens is 268 g/mol. The van der Waals surface area contributed by atoms with Gasteiger partial charge in [0.15, 0.2) is 0 Å². The third-order valence-electron chi connectivity index (χ3n) is 3.43. The summed E-state index contributed by atoms with van der Waals surface area (Å²) in [5, 5.41) is 5.11. The fraction of sp³-hybridized carbons (Fsp3) is 0.688. The standard InChI is InChI=1S/C16H28N2OS/c1-13(2)18(14(3)4)11-10-17-16(19)9-5-7-15-8-6-12-20-15/h6,8,12-14H,5,7,9-11H2,1-4H3,(H,17,19). The van der Waals surface area contributed by atoms with Crippen LogP contribution in [0.25, 0.3) is 0 Å². The van der Waals surface area contributed by atoms with Gasteiger partial charge in [0, 0.05) is 36.5 Å². The van der Waals surface area contributed by atoms with Crippen LogP contribution in [0.15, 0.2) is 17.5 Å². The number of amides is 1. The number of aryl methyl sites for hydroxylation is 1. The lowest BCUT2D eigenvalue weighted by Gasteiger charge is -2.30. The summed E-state index contributed by atoms with van der Waals surface area (Å²) < 4.78 is 0. The van der Waals surface area contributed by atoms with Crippen LogP contribution in [0, 0.1) is 0 Å². The monoisotopic (exact) mass is 296 g/mol. The van der Waals surface area contributed by atoms with Crippen molar-refractivity contribution in [1.29, 1.82) is 0 Å². The highest BCUT2D eigenvalue weighted by molar-refractivity contribution is 7.09. The molecule has 1 amide bonds.